The molecule has 1 aromatic rings. The van der Waals surface area contributed by atoms with E-state index in [-0.39, 0.29) is 49.2 Å². The molecule has 8 atom stereocenters. The minimum Gasteiger partial charge on any atom is -0.507 e. The molecule has 46 heavy (non-hydrogen) atoms. The topological polar surface area (TPSA) is 185 Å². The van der Waals surface area contributed by atoms with Gasteiger partial charge < -0.3 is 20.7 Å². The number of fused-ring (bicyclic) bond motifs is 3. The predicted octanol–water partition coefficient (Wildman–Crippen LogP) is 0.744. The van der Waals surface area contributed by atoms with E-state index in [1.165, 1.54) is 25.1 Å². The first-order chi connectivity index (χ1) is 21.3. The van der Waals surface area contributed by atoms with Gasteiger partial charge in [-0.25, -0.2) is 0 Å². The minimum atomic E-state index is -4.31. The number of likely N-dealkylation sites (N-methyl/N-ethyl adjacent to an activating group) is 1. The number of carbonyl (C=O) groups excluding carboxylic acids is 6. The van der Waals surface area contributed by atoms with Gasteiger partial charge in [-0.05, 0) is 51.5 Å². The SMILES string of the molecule is CC(=O)O[C@H]1[C@H]2C(C(=O)c3c(ccc(CN4CCC(C(F)(F)F)CC4)c3O)C2C)C(=O)[C@]2(O)C(=O)C(C(N)=O)C(=O)[C@@H](N(C)C)[C@H]12. The van der Waals surface area contributed by atoms with Crippen LogP contribution in [0.2, 0.25) is 0 Å². The molecule has 0 bridgehead atoms. The average molecular weight is 652 g/mol. The molecule has 2 saturated carbocycles. The minimum absolute atomic E-state index is 0.0148. The number of ketones is 4. The maximum Gasteiger partial charge on any atom is 0.391 e. The van der Waals surface area contributed by atoms with Gasteiger partial charge >= 0.3 is 12.1 Å². The van der Waals surface area contributed by atoms with Crippen LogP contribution < -0.4 is 5.73 Å². The van der Waals surface area contributed by atoms with Gasteiger partial charge in [-0.1, -0.05) is 19.1 Å². The number of ether oxygens (including phenoxy) is 1. The standard InChI is InChI=1S/C31H36F3N3O9/c1-12-16-6-5-14(11-37-9-7-15(8-10-37)31(32,33)34)23(39)18(16)24(40)19-17(12)26(46-13(2)38)21-22(36(3)4)25(41)20(29(35)44)28(43)30(21,45)27(19)42/h5-6,12,15,17,19-22,26,39,45H,7-11H2,1-4H3,(H2,35,44)/t12?,17-,19?,20?,21-,22+,26+,30+/m1/s1. The molecule has 0 aromatic heterocycles. The first-order valence-electron chi connectivity index (χ1n) is 15.0. The molecule has 5 rings (SSSR count). The fourth-order valence-electron chi connectivity index (χ4n) is 8.13. The number of phenolic OH excluding ortho intramolecular Hbond substituents is 1. The van der Waals surface area contributed by atoms with Gasteiger partial charge in [-0.2, -0.15) is 13.2 Å². The normalized spacial score (nSPS) is 33.8. The maximum atomic E-state index is 14.3. The lowest BCUT2D eigenvalue weighted by atomic mass is 9.49. The molecule has 1 aliphatic heterocycles. The number of likely N-dealkylation sites (tertiary alicyclic amines) is 1. The Morgan fingerprint density at radius 3 is 2.24 bits per heavy atom. The number of esters is 1. The van der Waals surface area contributed by atoms with Crippen molar-refractivity contribution < 1.29 is 56.9 Å². The second-order valence-electron chi connectivity index (χ2n) is 13.1. The molecule has 0 radical (unpaired) electrons. The molecule has 15 heteroatoms. The van der Waals surface area contributed by atoms with E-state index in [1.54, 1.807) is 17.9 Å². The van der Waals surface area contributed by atoms with Crippen LogP contribution in [0, 0.1) is 29.6 Å². The van der Waals surface area contributed by atoms with Crippen LogP contribution in [0.5, 0.6) is 5.75 Å². The van der Waals surface area contributed by atoms with Crippen LogP contribution in [0.4, 0.5) is 13.2 Å². The number of hydrogen-bond donors (Lipinski definition) is 3. The average Bonchev–Trinajstić information content (AvgIpc) is 2.95. The highest BCUT2D eigenvalue weighted by molar-refractivity contribution is 6.32. The van der Waals surface area contributed by atoms with Crippen LogP contribution in [0.1, 0.15) is 54.1 Å². The summed E-state index contributed by atoms with van der Waals surface area (Å²) in [4.78, 5) is 83.4. The van der Waals surface area contributed by atoms with Crippen molar-refractivity contribution in [2.45, 2.75) is 63.1 Å². The number of aromatic hydroxyl groups is 1. The van der Waals surface area contributed by atoms with Crippen molar-refractivity contribution in [3.05, 3.63) is 28.8 Å². The van der Waals surface area contributed by atoms with Crippen molar-refractivity contribution in [1.29, 1.82) is 0 Å². The van der Waals surface area contributed by atoms with Crippen molar-refractivity contribution in [3.63, 3.8) is 0 Å². The molecule has 1 heterocycles. The van der Waals surface area contributed by atoms with Gasteiger partial charge in [0.05, 0.1) is 29.4 Å². The second-order valence-corrected chi connectivity index (χ2v) is 13.1. The number of nitrogens with two attached hydrogens (primary N) is 1. The third-order valence-electron chi connectivity index (χ3n) is 10.3. The quantitative estimate of drug-likeness (QED) is 0.302. The number of nitrogens with zero attached hydrogens (tertiary/aromatic N) is 2. The number of primary amides is 1. The fraction of sp³-hybridized carbons (Fsp3) is 0.613. The summed E-state index contributed by atoms with van der Waals surface area (Å²) < 4.78 is 45.1. The van der Waals surface area contributed by atoms with E-state index in [9.17, 15) is 52.2 Å². The first kappa shape index (κ1) is 33.7. The van der Waals surface area contributed by atoms with Crippen molar-refractivity contribution in [3.8, 4) is 5.75 Å². The monoisotopic (exact) mass is 651 g/mol. The molecule has 3 aliphatic carbocycles. The zero-order chi connectivity index (χ0) is 34.2. The molecule has 1 aromatic carbocycles. The fourth-order valence-corrected chi connectivity index (χ4v) is 8.13. The molecule has 4 N–H and O–H groups in total. The molecule has 12 nitrogen and oxygen atoms in total. The number of phenols is 1. The Kier molecular flexibility index (Phi) is 8.44. The third kappa shape index (κ3) is 5.03. The van der Waals surface area contributed by atoms with Crippen LogP contribution in [0.3, 0.4) is 0 Å². The van der Waals surface area contributed by atoms with Gasteiger partial charge in [0, 0.05) is 24.9 Å². The van der Waals surface area contributed by atoms with Crippen LogP contribution in [-0.4, -0.2) is 106 Å². The molecule has 1 amide bonds. The zero-order valence-electron chi connectivity index (χ0n) is 25.7. The van der Waals surface area contributed by atoms with Crippen molar-refractivity contribution in [2.24, 2.45) is 35.3 Å². The summed E-state index contributed by atoms with van der Waals surface area (Å²) in [6.45, 7) is 2.87. The third-order valence-corrected chi connectivity index (χ3v) is 10.3. The molecule has 1 saturated heterocycles. The summed E-state index contributed by atoms with van der Waals surface area (Å²) >= 11 is 0. The lowest BCUT2D eigenvalue weighted by Gasteiger charge is -2.56. The Balaban J connectivity index is 1.59. The molecule has 3 fully saturated rings. The summed E-state index contributed by atoms with van der Waals surface area (Å²) in [6, 6.07) is 1.59. The number of Topliss-reactive ketones (excluding diaryl/α,β-unsaturated/α-hetero) is 4. The first-order valence-corrected chi connectivity index (χ1v) is 15.0. The van der Waals surface area contributed by atoms with Gasteiger partial charge in [-0.15, -0.1) is 0 Å². The molecule has 250 valence electrons. The van der Waals surface area contributed by atoms with Gasteiger partial charge in [0.1, 0.15) is 11.9 Å². The number of halogens is 3. The number of aliphatic hydroxyl groups is 1. The number of rotatable bonds is 5. The zero-order valence-corrected chi connectivity index (χ0v) is 25.7. The van der Waals surface area contributed by atoms with Crippen molar-refractivity contribution in [2.75, 3.05) is 27.2 Å². The highest BCUT2D eigenvalue weighted by atomic mass is 19.4. The Morgan fingerprint density at radius 2 is 1.72 bits per heavy atom. The van der Waals surface area contributed by atoms with Crippen LogP contribution in [-0.2, 0) is 35.3 Å². The van der Waals surface area contributed by atoms with E-state index in [1.807, 2.05) is 0 Å². The van der Waals surface area contributed by atoms with E-state index in [0.29, 0.717) is 0 Å². The van der Waals surface area contributed by atoms with Gasteiger partial charge in [0.2, 0.25) is 5.91 Å². The van der Waals surface area contributed by atoms with Crippen LogP contribution in [0.15, 0.2) is 12.1 Å². The number of hydrogen-bond acceptors (Lipinski definition) is 11. The molecule has 0 spiro atoms. The maximum absolute atomic E-state index is 14.3. The molecular formula is C31H36F3N3O9. The number of piperidine rings is 1. The van der Waals surface area contributed by atoms with E-state index >= 15 is 0 Å². The largest absolute Gasteiger partial charge is 0.507 e. The smallest absolute Gasteiger partial charge is 0.391 e. The summed E-state index contributed by atoms with van der Waals surface area (Å²) in [6.07, 6.45) is -6.10. The van der Waals surface area contributed by atoms with Gasteiger partial charge in [0.15, 0.2) is 34.7 Å². The van der Waals surface area contributed by atoms with E-state index in [2.05, 4.69) is 0 Å². The molecular weight excluding hydrogens is 615 g/mol. The Labute approximate surface area is 262 Å². The summed E-state index contributed by atoms with van der Waals surface area (Å²) in [5, 5.41) is 23.4. The number of benzene rings is 1. The summed E-state index contributed by atoms with van der Waals surface area (Å²) in [5.74, 6) is -16.7. The van der Waals surface area contributed by atoms with Gasteiger partial charge in [-0.3, -0.25) is 38.6 Å². The Morgan fingerprint density at radius 1 is 1.11 bits per heavy atom. The van der Waals surface area contributed by atoms with E-state index in [4.69, 9.17) is 10.5 Å². The summed E-state index contributed by atoms with van der Waals surface area (Å²) in [5.41, 5.74) is 2.48. The van der Waals surface area contributed by atoms with Crippen LogP contribution >= 0.6 is 0 Å². The predicted molar refractivity (Wildman–Crippen MR) is 151 cm³/mol. The van der Waals surface area contributed by atoms with Crippen LogP contribution in [0.25, 0.3) is 0 Å². The molecule has 3 unspecified atom stereocenters. The highest BCUT2D eigenvalue weighted by Crippen LogP contribution is 2.55. The Hall–Kier alpha value is -3.69. The molecule has 4 aliphatic rings. The second kappa shape index (κ2) is 11.5. The number of carbonyl (C=O) groups is 6. The number of amides is 1. The lowest BCUT2D eigenvalue weighted by Crippen LogP contribution is -2.78. The number of alkyl halides is 3. The van der Waals surface area contributed by atoms with Crippen molar-refractivity contribution in [1.82, 2.24) is 9.80 Å². The lowest BCUT2D eigenvalue weighted by molar-refractivity contribution is -0.205. The Bertz CT molecular complexity index is 1520. The van der Waals surface area contributed by atoms with E-state index in [0.717, 1.165) is 6.92 Å². The van der Waals surface area contributed by atoms with Gasteiger partial charge in [0.25, 0.3) is 0 Å². The van der Waals surface area contributed by atoms with E-state index < -0.39 is 100 Å². The van der Waals surface area contributed by atoms with Crippen molar-refractivity contribution >= 4 is 35.0 Å². The summed E-state index contributed by atoms with van der Waals surface area (Å²) in [7, 11) is 2.82. The highest BCUT2D eigenvalue weighted by Gasteiger charge is 2.74.